The van der Waals surface area contributed by atoms with E-state index in [2.05, 4.69) is 10.6 Å². The van der Waals surface area contributed by atoms with Crippen molar-refractivity contribution in [2.24, 2.45) is 11.8 Å². The Kier molecular flexibility index (Phi) is 13.4. The summed E-state index contributed by atoms with van der Waals surface area (Å²) < 4.78 is 21.8. The number of carbonyl (C=O) groups is 4. The van der Waals surface area contributed by atoms with E-state index in [0.717, 1.165) is 22.3 Å². The Morgan fingerprint density at radius 2 is 0.850 bits per heavy atom. The highest BCUT2D eigenvalue weighted by molar-refractivity contribution is 5.88. The predicted molar refractivity (Wildman–Crippen MR) is 222 cm³/mol. The van der Waals surface area contributed by atoms with Gasteiger partial charge in [0.1, 0.15) is 36.8 Å². The first kappa shape index (κ1) is 41.1. The number of β-lactam (4-membered cyclic amide) rings is 2. The molecule has 60 heavy (non-hydrogen) atoms. The summed E-state index contributed by atoms with van der Waals surface area (Å²) in [5.74, 6) is 0.559. The first-order valence-electron chi connectivity index (χ1n) is 20.0. The highest BCUT2D eigenvalue weighted by Gasteiger charge is 2.53. The number of furan rings is 2. The Morgan fingerprint density at radius 1 is 0.517 bits per heavy atom. The number of alkyl carbamates (subject to hydrolysis) is 2. The molecule has 6 aromatic rings. The van der Waals surface area contributed by atoms with Crippen molar-refractivity contribution >= 4 is 24.0 Å². The molecule has 0 aliphatic carbocycles. The summed E-state index contributed by atoms with van der Waals surface area (Å²) in [4.78, 5) is 54.0. The van der Waals surface area contributed by atoms with Crippen LogP contribution in [0.4, 0.5) is 9.59 Å². The summed E-state index contributed by atoms with van der Waals surface area (Å²) >= 11 is 0. The maximum atomic E-state index is 13.0. The van der Waals surface area contributed by atoms with Crippen LogP contribution >= 0.6 is 0 Å². The molecule has 308 valence electrons. The van der Waals surface area contributed by atoms with Crippen molar-refractivity contribution in [2.75, 3.05) is 0 Å². The minimum absolute atomic E-state index is 0.0175. The SMILES string of the molecule is C[C@H](NC(=O)OCc1ccccc1)[C@H]1C(=O)N(Cc2ccccc2)[C@@H]1c1ccco1.C[C@H](NC(=O)OCc1ccccc1)[C@H]1C(=O)N(Cc2ccccc2)[C@@H]1c1ccco1. The smallest absolute Gasteiger partial charge is 0.407 e. The Hall–Kier alpha value is -7.08. The minimum atomic E-state index is -0.543. The number of nitrogens with zero attached hydrogens (tertiary/aromatic N) is 2. The number of benzene rings is 4. The fraction of sp³-hybridized carbons (Fsp3) is 0.250. The third-order valence-corrected chi connectivity index (χ3v) is 10.7. The first-order valence-corrected chi connectivity index (χ1v) is 20.0. The Bertz CT molecular complexity index is 2110. The Labute approximate surface area is 349 Å². The number of hydrogen-bond donors (Lipinski definition) is 2. The average molecular weight is 809 g/mol. The van der Waals surface area contributed by atoms with E-state index in [1.54, 1.807) is 22.3 Å². The third-order valence-electron chi connectivity index (χ3n) is 10.7. The lowest BCUT2D eigenvalue weighted by Gasteiger charge is -2.48. The van der Waals surface area contributed by atoms with Crippen molar-refractivity contribution in [1.29, 1.82) is 0 Å². The number of ether oxygens (including phenoxy) is 2. The average Bonchev–Trinajstić information content (AvgIpc) is 4.01. The molecule has 0 bridgehead atoms. The highest BCUT2D eigenvalue weighted by Crippen LogP contribution is 2.44. The van der Waals surface area contributed by atoms with Crippen LogP contribution in [0.15, 0.2) is 167 Å². The fourth-order valence-corrected chi connectivity index (χ4v) is 7.70. The van der Waals surface area contributed by atoms with Crippen molar-refractivity contribution in [1.82, 2.24) is 20.4 Å². The number of amides is 4. The van der Waals surface area contributed by atoms with Gasteiger partial charge in [-0.05, 0) is 60.4 Å². The van der Waals surface area contributed by atoms with Crippen LogP contribution in [0, 0.1) is 11.8 Å². The van der Waals surface area contributed by atoms with Crippen LogP contribution in [0.3, 0.4) is 0 Å². The first-order chi connectivity index (χ1) is 29.3. The van der Waals surface area contributed by atoms with Gasteiger partial charge in [0, 0.05) is 25.2 Å². The second-order valence-corrected chi connectivity index (χ2v) is 14.9. The molecule has 4 amide bonds. The van der Waals surface area contributed by atoms with Crippen molar-refractivity contribution in [2.45, 2.75) is 64.3 Å². The number of hydrogen-bond acceptors (Lipinski definition) is 8. The molecule has 8 rings (SSSR count). The highest BCUT2D eigenvalue weighted by atomic mass is 16.6. The van der Waals surface area contributed by atoms with E-state index in [9.17, 15) is 19.2 Å². The monoisotopic (exact) mass is 808 g/mol. The molecular weight excluding hydrogens is 761 g/mol. The Morgan fingerprint density at radius 3 is 1.17 bits per heavy atom. The van der Waals surface area contributed by atoms with Gasteiger partial charge in [-0.3, -0.25) is 9.59 Å². The van der Waals surface area contributed by atoms with Crippen LogP contribution in [0.2, 0.25) is 0 Å². The molecule has 2 fully saturated rings. The molecule has 0 spiro atoms. The summed E-state index contributed by atoms with van der Waals surface area (Å²) in [6.45, 7) is 4.99. The molecule has 2 N–H and O–H groups in total. The van der Waals surface area contributed by atoms with Gasteiger partial charge in [0.25, 0.3) is 0 Å². The van der Waals surface area contributed by atoms with Crippen LogP contribution in [0.1, 0.15) is 59.7 Å². The lowest BCUT2D eigenvalue weighted by atomic mass is 9.80. The van der Waals surface area contributed by atoms with E-state index in [0.29, 0.717) is 24.6 Å². The molecule has 2 aliphatic heterocycles. The molecule has 12 nitrogen and oxygen atoms in total. The van der Waals surface area contributed by atoms with Crippen molar-refractivity contribution in [3.63, 3.8) is 0 Å². The predicted octanol–water partition coefficient (Wildman–Crippen LogP) is 8.59. The third kappa shape index (κ3) is 9.95. The van der Waals surface area contributed by atoms with Crippen LogP contribution in [0.25, 0.3) is 0 Å². The zero-order valence-corrected chi connectivity index (χ0v) is 33.5. The summed E-state index contributed by atoms with van der Waals surface area (Å²) in [7, 11) is 0. The molecular formula is C48H48N4O8. The van der Waals surface area contributed by atoms with E-state index in [-0.39, 0.29) is 37.1 Å². The molecule has 0 radical (unpaired) electrons. The zero-order chi connectivity index (χ0) is 41.8. The number of nitrogens with one attached hydrogen (secondary N) is 2. The number of likely N-dealkylation sites (tertiary alicyclic amines) is 2. The van der Waals surface area contributed by atoms with Crippen molar-refractivity contribution in [3.8, 4) is 0 Å². The van der Waals surface area contributed by atoms with E-state index >= 15 is 0 Å². The van der Waals surface area contributed by atoms with E-state index < -0.39 is 36.1 Å². The number of carbonyl (C=O) groups excluding carboxylic acids is 4. The molecule has 2 aliphatic rings. The van der Waals surface area contributed by atoms with Gasteiger partial charge in [-0.1, -0.05) is 121 Å². The maximum Gasteiger partial charge on any atom is 0.407 e. The normalized spacial score (nSPS) is 19.1. The van der Waals surface area contributed by atoms with Crippen LogP contribution < -0.4 is 10.6 Å². The molecule has 0 unspecified atom stereocenters. The Balaban J connectivity index is 0.000000181. The van der Waals surface area contributed by atoms with Crippen LogP contribution in [-0.2, 0) is 45.4 Å². The summed E-state index contributed by atoms with van der Waals surface area (Å²) in [6.07, 6.45) is 2.11. The fourth-order valence-electron chi connectivity index (χ4n) is 7.70. The molecule has 2 aromatic heterocycles. The lowest BCUT2D eigenvalue weighted by molar-refractivity contribution is -0.162. The molecule has 2 saturated heterocycles. The van der Waals surface area contributed by atoms with Crippen LogP contribution in [0.5, 0.6) is 0 Å². The van der Waals surface area contributed by atoms with Gasteiger partial charge in [0.05, 0.1) is 24.4 Å². The molecule has 6 atom stereocenters. The van der Waals surface area contributed by atoms with Gasteiger partial charge >= 0.3 is 12.2 Å². The quantitative estimate of drug-likeness (QED) is 0.104. The van der Waals surface area contributed by atoms with Gasteiger partial charge in [-0.15, -0.1) is 0 Å². The van der Waals surface area contributed by atoms with E-state index in [1.807, 2.05) is 159 Å². The standard InChI is InChI=1S/2C24H24N2O4/c2*1-17(25-24(28)30-16-19-11-6-3-7-12-19)21-22(20-13-8-14-29-20)26(23(21)27)15-18-9-4-2-5-10-18/h2*2-14,17,21-22H,15-16H2,1H3,(H,25,28)/t2*17-,21+,22+/m00/s1. The summed E-state index contributed by atoms with van der Waals surface area (Å²) in [6, 6.07) is 44.6. The molecule has 0 saturated carbocycles. The second kappa shape index (κ2) is 19.6. The van der Waals surface area contributed by atoms with Crippen molar-refractivity contribution < 1.29 is 37.5 Å². The van der Waals surface area contributed by atoms with Crippen molar-refractivity contribution in [3.05, 3.63) is 192 Å². The van der Waals surface area contributed by atoms with Gasteiger partial charge in [0.2, 0.25) is 11.8 Å². The summed E-state index contributed by atoms with van der Waals surface area (Å²) in [5.41, 5.74) is 3.90. The topological polar surface area (TPSA) is 144 Å². The molecule has 4 heterocycles. The van der Waals surface area contributed by atoms with E-state index in [4.69, 9.17) is 18.3 Å². The largest absolute Gasteiger partial charge is 0.467 e. The van der Waals surface area contributed by atoms with Gasteiger partial charge in [-0.2, -0.15) is 0 Å². The molecule has 4 aromatic carbocycles. The second-order valence-electron chi connectivity index (χ2n) is 14.9. The maximum absolute atomic E-state index is 13.0. The minimum Gasteiger partial charge on any atom is -0.467 e. The lowest BCUT2D eigenvalue weighted by Crippen LogP contribution is -2.61. The number of rotatable bonds is 14. The van der Waals surface area contributed by atoms with Gasteiger partial charge in [0.15, 0.2) is 0 Å². The zero-order valence-electron chi connectivity index (χ0n) is 33.5. The van der Waals surface area contributed by atoms with Gasteiger partial charge < -0.3 is 38.7 Å². The van der Waals surface area contributed by atoms with Gasteiger partial charge in [-0.25, -0.2) is 9.59 Å². The molecule has 12 heteroatoms. The summed E-state index contributed by atoms with van der Waals surface area (Å²) in [5, 5.41) is 5.62. The van der Waals surface area contributed by atoms with E-state index in [1.165, 1.54) is 0 Å². The van der Waals surface area contributed by atoms with Crippen LogP contribution in [-0.4, -0.2) is 45.9 Å².